The molecule has 0 spiro atoms. The first kappa shape index (κ1) is 18.5. The van der Waals surface area contributed by atoms with E-state index in [9.17, 15) is 9.90 Å². The highest BCUT2D eigenvalue weighted by atomic mass is 16.5. The number of amides is 1. The van der Waals surface area contributed by atoms with E-state index in [-0.39, 0.29) is 18.3 Å². The average molecular weight is 340 g/mol. The maximum Gasteiger partial charge on any atom is 0.277 e. The first-order valence-corrected chi connectivity index (χ1v) is 8.22. The van der Waals surface area contributed by atoms with Gasteiger partial charge in [0.2, 0.25) is 0 Å². The maximum atomic E-state index is 12.0. The molecule has 0 heterocycles. The summed E-state index contributed by atoms with van der Waals surface area (Å²) in [5.74, 6) is 0.903. The lowest BCUT2D eigenvalue weighted by Crippen LogP contribution is -2.26. The molecule has 0 aromatic heterocycles. The third kappa shape index (κ3) is 5.35. The van der Waals surface area contributed by atoms with Gasteiger partial charge in [-0.3, -0.25) is 4.79 Å². The molecule has 2 aromatic rings. The Morgan fingerprint density at radius 3 is 2.52 bits per heavy atom. The molecule has 0 aliphatic heterocycles. The Morgan fingerprint density at radius 2 is 1.88 bits per heavy atom. The summed E-state index contributed by atoms with van der Waals surface area (Å²) in [6.07, 6.45) is 0. The molecule has 132 valence electrons. The number of ether oxygens (including phenoxy) is 1. The quantitative estimate of drug-likeness (QED) is 0.621. The molecular formula is C20H24N2O3. The monoisotopic (exact) mass is 340 g/mol. The van der Waals surface area contributed by atoms with Crippen LogP contribution in [0.2, 0.25) is 0 Å². The second-order valence-electron chi connectivity index (χ2n) is 6.26. The average Bonchev–Trinajstić information content (AvgIpc) is 2.58. The zero-order valence-corrected chi connectivity index (χ0v) is 15.0. The Balaban J connectivity index is 1.96. The number of rotatable bonds is 6. The van der Waals surface area contributed by atoms with Gasteiger partial charge in [-0.25, -0.2) is 5.43 Å². The molecule has 2 aromatic carbocycles. The Kier molecular flexibility index (Phi) is 6.17. The van der Waals surface area contributed by atoms with Gasteiger partial charge in [-0.05, 0) is 66.8 Å². The number of phenolic OH excluding ortho intramolecular Hbond substituents is 1. The van der Waals surface area contributed by atoms with Gasteiger partial charge in [0.05, 0.1) is 5.71 Å². The van der Waals surface area contributed by atoms with Crippen molar-refractivity contribution < 1.29 is 14.6 Å². The molecule has 5 nitrogen and oxygen atoms in total. The summed E-state index contributed by atoms with van der Waals surface area (Å²) < 4.78 is 5.68. The summed E-state index contributed by atoms with van der Waals surface area (Å²) >= 11 is 0. The number of aryl methyl sites for hydroxylation is 1. The smallest absolute Gasteiger partial charge is 0.277 e. The summed E-state index contributed by atoms with van der Waals surface area (Å²) in [4.78, 5) is 12.0. The van der Waals surface area contributed by atoms with E-state index in [0.29, 0.717) is 11.6 Å². The molecule has 0 saturated heterocycles. The Bertz CT molecular complexity index is 765. The van der Waals surface area contributed by atoms with Crippen molar-refractivity contribution in [2.75, 3.05) is 6.61 Å². The fraction of sp³-hybridized carbons (Fsp3) is 0.300. The summed E-state index contributed by atoms with van der Waals surface area (Å²) in [5.41, 5.74) is 6.11. The highest BCUT2D eigenvalue weighted by Crippen LogP contribution is 2.27. The van der Waals surface area contributed by atoms with Crippen molar-refractivity contribution >= 4 is 11.6 Å². The first-order chi connectivity index (χ1) is 11.9. The summed E-state index contributed by atoms with van der Waals surface area (Å²) in [6.45, 7) is 7.84. The van der Waals surface area contributed by atoms with Crippen LogP contribution in [0.25, 0.3) is 0 Å². The SMILES string of the molecule is CC(=NNC(=O)COc1cc(C)ccc1C(C)C)c1ccc(O)cc1. The van der Waals surface area contributed by atoms with Crippen LogP contribution in [-0.4, -0.2) is 23.3 Å². The van der Waals surface area contributed by atoms with Gasteiger partial charge in [-0.15, -0.1) is 0 Å². The van der Waals surface area contributed by atoms with Crippen molar-refractivity contribution in [2.24, 2.45) is 5.10 Å². The third-order valence-corrected chi connectivity index (χ3v) is 3.78. The molecule has 0 atom stereocenters. The van der Waals surface area contributed by atoms with E-state index in [1.54, 1.807) is 31.2 Å². The van der Waals surface area contributed by atoms with Crippen molar-refractivity contribution in [2.45, 2.75) is 33.6 Å². The normalized spacial score (nSPS) is 11.5. The van der Waals surface area contributed by atoms with Crippen LogP contribution in [0.15, 0.2) is 47.6 Å². The highest BCUT2D eigenvalue weighted by molar-refractivity contribution is 5.99. The first-order valence-electron chi connectivity index (χ1n) is 8.22. The molecule has 0 aliphatic rings. The predicted molar refractivity (Wildman–Crippen MR) is 99.2 cm³/mol. The molecule has 0 aliphatic carbocycles. The second-order valence-corrected chi connectivity index (χ2v) is 6.26. The molecule has 0 unspecified atom stereocenters. The molecular weight excluding hydrogens is 316 g/mol. The highest BCUT2D eigenvalue weighted by Gasteiger charge is 2.10. The van der Waals surface area contributed by atoms with Gasteiger partial charge in [0, 0.05) is 0 Å². The van der Waals surface area contributed by atoms with E-state index < -0.39 is 0 Å². The van der Waals surface area contributed by atoms with E-state index in [2.05, 4.69) is 24.4 Å². The number of hydrogen-bond donors (Lipinski definition) is 2. The Labute approximate surface area is 148 Å². The largest absolute Gasteiger partial charge is 0.508 e. The minimum atomic E-state index is -0.325. The van der Waals surface area contributed by atoms with E-state index in [0.717, 1.165) is 22.4 Å². The maximum absolute atomic E-state index is 12.0. The molecule has 2 rings (SSSR count). The lowest BCUT2D eigenvalue weighted by Gasteiger charge is -2.14. The number of phenols is 1. The van der Waals surface area contributed by atoms with Crippen LogP contribution in [0.4, 0.5) is 0 Å². The summed E-state index contributed by atoms with van der Waals surface area (Å²) in [7, 11) is 0. The molecule has 0 fully saturated rings. The van der Waals surface area contributed by atoms with Crippen LogP contribution in [-0.2, 0) is 4.79 Å². The van der Waals surface area contributed by atoms with Crippen molar-refractivity contribution in [3.05, 3.63) is 59.2 Å². The number of nitrogens with one attached hydrogen (secondary N) is 1. The van der Waals surface area contributed by atoms with Crippen LogP contribution in [0, 0.1) is 6.92 Å². The summed E-state index contributed by atoms with van der Waals surface area (Å²) in [5, 5.41) is 13.4. The van der Waals surface area contributed by atoms with Gasteiger partial charge < -0.3 is 9.84 Å². The number of carbonyl (C=O) groups excluding carboxylic acids is 1. The molecule has 0 saturated carbocycles. The van der Waals surface area contributed by atoms with Gasteiger partial charge in [0.25, 0.3) is 5.91 Å². The number of benzene rings is 2. The van der Waals surface area contributed by atoms with Gasteiger partial charge in [-0.2, -0.15) is 5.10 Å². The third-order valence-electron chi connectivity index (χ3n) is 3.78. The van der Waals surface area contributed by atoms with E-state index in [1.165, 1.54) is 0 Å². The molecule has 0 bridgehead atoms. The number of carbonyl (C=O) groups is 1. The molecule has 0 radical (unpaired) electrons. The van der Waals surface area contributed by atoms with E-state index in [4.69, 9.17) is 4.74 Å². The molecule has 2 N–H and O–H groups in total. The summed E-state index contributed by atoms with van der Waals surface area (Å²) in [6, 6.07) is 12.6. The van der Waals surface area contributed by atoms with Crippen molar-refractivity contribution in [3.63, 3.8) is 0 Å². The van der Waals surface area contributed by atoms with Crippen LogP contribution in [0.5, 0.6) is 11.5 Å². The van der Waals surface area contributed by atoms with Crippen LogP contribution in [0.3, 0.4) is 0 Å². The zero-order chi connectivity index (χ0) is 18.4. The van der Waals surface area contributed by atoms with Gasteiger partial charge in [0.1, 0.15) is 11.5 Å². The van der Waals surface area contributed by atoms with Crippen LogP contribution >= 0.6 is 0 Å². The topological polar surface area (TPSA) is 70.9 Å². The predicted octanol–water partition coefficient (Wildman–Crippen LogP) is 3.74. The van der Waals surface area contributed by atoms with Crippen molar-refractivity contribution in [1.82, 2.24) is 5.43 Å². The number of hydrogen-bond acceptors (Lipinski definition) is 4. The zero-order valence-electron chi connectivity index (χ0n) is 15.0. The van der Waals surface area contributed by atoms with Crippen LogP contribution < -0.4 is 10.2 Å². The fourth-order valence-electron chi connectivity index (χ4n) is 2.33. The van der Waals surface area contributed by atoms with Gasteiger partial charge in [0.15, 0.2) is 6.61 Å². The number of aromatic hydroxyl groups is 1. The van der Waals surface area contributed by atoms with Crippen molar-refractivity contribution in [3.8, 4) is 11.5 Å². The minimum Gasteiger partial charge on any atom is -0.508 e. The fourth-order valence-corrected chi connectivity index (χ4v) is 2.33. The van der Waals surface area contributed by atoms with Crippen molar-refractivity contribution in [1.29, 1.82) is 0 Å². The number of nitrogens with zero attached hydrogens (tertiary/aromatic N) is 1. The Morgan fingerprint density at radius 1 is 1.20 bits per heavy atom. The lowest BCUT2D eigenvalue weighted by atomic mass is 10.0. The molecule has 5 heteroatoms. The lowest BCUT2D eigenvalue weighted by molar-refractivity contribution is -0.123. The second kappa shape index (κ2) is 8.33. The molecule has 25 heavy (non-hydrogen) atoms. The van der Waals surface area contributed by atoms with Crippen LogP contribution in [0.1, 0.15) is 43.4 Å². The van der Waals surface area contributed by atoms with Gasteiger partial charge >= 0.3 is 0 Å². The van der Waals surface area contributed by atoms with Gasteiger partial charge in [-0.1, -0.05) is 26.0 Å². The standard InChI is InChI=1S/C20H24N2O3/c1-13(2)18-10-5-14(3)11-19(18)25-12-20(24)22-21-15(4)16-6-8-17(23)9-7-16/h5-11,13,23H,12H2,1-4H3,(H,22,24). The number of hydrazone groups is 1. The van der Waals surface area contributed by atoms with E-state index >= 15 is 0 Å². The Hall–Kier alpha value is -2.82. The minimum absolute atomic E-state index is 0.102. The molecule has 1 amide bonds. The van der Waals surface area contributed by atoms with E-state index in [1.807, 2.05) is 25.1 Å².